The first kappa shape index (κ1) is 16.5. The van der Waals surface area contributed by atoms with Crippen molar-refractivity contribution in [2.75, 3.05) is 44.2 Å². The molecule has 0 saturated carbocycles. The Bertz CT molecular complexity index is 649. The van der Waals surface area contributed by atoms with Gasteiger partial charge >= 0.3 is 0 Å². The molecule has 1 N–H and O–H groups in total. The highest BCUT2D eigenvalue weighted by Gasteiger charge is 2.16. The van der Waals surface area contributed by atoms with E-state index in [1.165, 1.54) is 5.69 Å². The molecule has 1 amide bonds. The number of hydrogen-bond donors (Lipinski definition) is 1. The molecule has 1 aliphatic rings. The molecule has 0 unspecified atom stereocenters. The molecule has 1 aliphatic heterocycles. The van der Waals surface area contributed by atoms with Gasteiger partial charge in [-0.25, -0.2) is 0 Å². The number of benzene rings is 1. The fourth-order valence-electron chi connectivity index (χ4n) is 2.90. The zero-order valence-electron chi connectivity index (χ0n) is 14.1. The lowest BCUT2D eigenvalue weighted by Crippen LogP contribution is -2.48. The van der Waals surface area contributed by atoms with E-state index in [1.807, 2.05) is 25.1 Å². The highest BCUT2D eigenvalue weighted by atomic mass is 16.1. The van der Waals surface area contributed by atoms with E-state index in [2.05, 4.69) is 44.4 Å². The van der Waals surface area contributed by atoms with Gasteiger partial charge in [0.1, 0.15) is 0 Å². The van der Waals surface area contributed by atoms with Gasteiger partial charge < -0.3 is 10.2 Å². The van der Waals surface area contributed by atoms with Crippen molar-refractivity contribution in [3.05, 3.63) is 59.9 Å². The maximum absolute atomic E-state index is 12.1. The molecular weight excluding hydrogens is 300 g/mol. The van der Waals surface area contributed by atoms with E-state index in [4.69, 9.17) is 0 Å². The molecule has 1 aromatic heterocycles. The molecule has 1 saturated heterocycles. The van der Waals surface area contributed by atoms with Gasteiger partial charge in [0.15, 0.2) is 0 Å². The van der Waals surface area contributed by atoms with E-state index in [0.29, 0.717) is 12.1 Å². The Kier molecular flexibility index (Phi) is 5.43. The molecule has 1 fully saturated rings. The van der Waals surface area contributed by atoms with E-state index >= 15 is 0 Å². The van der Waals surface area contributed by atoms with Crippen LogP contribution in [0.15, 0.2) is 48.7 Å². The van der Waals surface area contributed by atoms with Crippen LogP contribution in [0.2, 0.25) is 0 Å². The lowest BCUT2D eigenvalue weighted by Gasteiger charge is -2.36. The van der Waals surface area contributed by atoms with Gasteiger partial charge in [-0.05, 0) is 31.2 Å². The zero-order valence-corrected chi connectivity index (χ0v) is 14.1. The zero-order chi connectivity index (χ0) is 16.8. The lowest BCUT2D eigenvalue weighted by molar-refractivity contribution is 0.0947. The standard InChI is InChI=1S/C19H24N4O/c1-16-7-8-17(15-21-16)19(24)20-9-10-22-11-13-23(14-12-22)18-5-3-2-4-6-18/h2-8,15H,9-14H2,1H3,(H,20,24). The van der Waals surface area contributed by atoms with Crippen molar-refractivity contribution in [2.45, 2.75) is 6.92 Å². The number of nitrogens with zero attached hydrogens (tertiary/aromatic N) is 3. The predicted molar refractivity (Wildman–Crippen MR) is 96.4 cm³/mol. The summed E-state index contributed by atoms with van der Waals surface area (Å²) in [5.41, 5.74) is 2.83. The summed E-state index contributed by atoms with van der Waals surface area (Å²) in [7, 11) is 0. The van der Waals surface area contributed by atoms with Gasteiger partial charge in [-0.2, -0.15) is 0 Å². The summed E-state index contributed by atoms with van der Waals surface area (Å²) in [6.45, 7) is 7.57. The molecule has 126 valence electrons. The van der Waals surface area contributed by atoms with Crippen LogP contribution >= 0.6 is 0 Å². The summed E-state index contributed by atoms with van der Waals surface area (Å²) in [4.78, 5) is 21.0. The second-order valence-corrected chi connectivity index (χ2v) is 6.11. The van der Waals surface area contributed by atoms with E-state index in [-0.39, 0.29) is 5.91 Å². The monoisotopic (exact) mass is 324 g/mol. The SMILES string of the molecule is Cc1ccc(C(=O)NCCN2CCN(c3ccccc3)CC2)cn1. The van der Waals surface area contributed by atoms with Crippen LogP contribution in [-0.4, -0.2) is 55.1 Å². The maximum atomic E-state index is 12.1. The number of aryl methyl sites for hydroxylation is 1. The summed E-state index contributed by atoms with van der Waals surface area (Å²) in [5.74, 6) is -0.0505. The fraction of sp³-hybridized carbons (Fsp3) is 0.368. The van der Waals surface area contributed by atoms with Crippen molar-refractivity contribution >= 4 is 11.6 Å². The highest BCUT2D eigenvalue weighted by molar-refractivity contribution is 5.93. The van der Waals surface area contributed by atoms with E-state index in [0.717, 1.165) is 38.4 Å². The number of aromatic nitrogens is 1. The molecule has 0 bridgehead atoms. The Hall–Kier alpha value is -2.40. The molecule has 24 heavy (non-hydrogen) atoms. The third-order valence-electron chi connectivity index (χ3n) is 4.38. The molecule has 0 radical (unpaired) electrons. The van der Waals surface area contributed by atoms with Crippen LogP contribution < -0.4 is 10.2 Å². The number of amides is 1. The first-order valence-electron chi connectivity index (χ1n) is 8.45. The Labute approximate surface area is 143 Å². The minimum Gasteiger partial charge on any atom is -0.369 e. The quantitative estimate of drug-likeness (QED) is 0.913. The van der Waals surface area contributed by atoms with Crippen molar-refractivity contribution in [3.8, 4) is 0 Å². The normalized spacial score (nSPS) is 15.3. The molecule has 0 atom stereocenters. The van der Waals surface area contributed by atoms with Crippen molar-refractivity contribution in [1.29, 1.82) is 0 Å². The van der Waals surface area contributed by atoms with Gasteiger partial charge in [-0.3, -0.25) is 14.7 Å². The second kappa shape index (κ2) is 7.93. The van der Waals surface area contributed by atoms with Gasteiger partial charge in [0.05, 0.1) is 5.56 Å². The average molecular weight is 324 g/mol. The molecule has 2 heterocycles. The summed E-state index contributed by atoms with van der Waals surface area (Å²) in [6, 6.07) is 14.2. The van der Waals surface area contributed by atoms with Gasteiger partial charge in [-0.1, -0.05) is 18.2 Å². The third-order valence-corrected chi connectivity index (χ3v) is 4.38. The highest BCUT2D eigenvalue weighted by Crippen LogP contribution is 2.15. The van der Waals surface area contributed by atoms with Crippen LogP contribution in [-0.2, 0) is 0 Å². The number of anilines is 1. The minimum atomic E-state index is -0.0505. The molecule has 5 heteroatoms. The Morgan fingerprint density at radius 2 is 1.83 bits per heavy atom. The van der Waals surface area contributed by atoms with Gasteiger partial charge in [0, 0.05) is 56.8 Å². The molecule has 0 spiro atoms. The number of carbonyl (C=O) groups excluding carboxylic acids is 1. The van der Waals surface area contributed by atoms with Crippen LogP contribution in [0.5, 0.6) is 0 Å². The number of para-hydroxylation sites is 1. The second-order valence-electron chi connectivity index (χ2n) is 6.11. The molecule has 3 rings (SSSR count). The first-order valence-corrected chi connectivity index (χ1v) is 8.45. The molecule has 1 aromatic carbocycles. The van der Waals surface area contributed by atoms with Crippen molar-refractivity contribution in [3.63, 3.8) is 0 Å². The Balaban J connectivity index is 1.39. The number of piperazine rings is 1. The van der Waals surface area contributed by atoms with Crippen LogP contribution in [0.25, 0.3) is 0 Å². The number of hydrogen-bond acceptors (Lipinski definition) is 4. The molecule has 0 aliphatic carbocycles. The smallest absolute Gasteiger partial charge is 0.252 e. The molecule has 5 nitrogen and oxygen atoms in total. The summed E-state index contributed by atoms with van der Waals surface area (Å²) >= 11 is 0. The van der Waals surface area contributed by atoms with E-state index < -0.39 is 0 Å². The van der Waals surface area contributed by atoms with Crippen LogP contribution in [0, 0.1) is 6.92 Å². The minimum absolute atomic E-state index is 0.0505. The van der Waals surface area contributed by atoms with Gasteiger partial charge in [0.25, 0.3) is 5.91 Å². The van der Waals surface area contributed by atoms with Gasteiger partial charge in [0.2, 0.25) is 0 Å². The summed E-state index contributed by atoms with van der Waals surface area (Å²) in [5, 5.41) is 2.97. The van der Waals surface area contributed by atoms with Crippen molar-refractivity contribution in [1.82, 2.24) is 15.2 Å². The fourth-order valence-corrected chi connectivity index (χ4v) is 2.90. The van der Waals surface area contributed by atoms with Crippen LogP contribution in [0.1, 0.15) is 16.1 Å². The van der Waals surface area contributed by atoms with Crippen LogP contribution in [0.3, 0.4) is 0 Å². The molecule has 2 aromatic rings. The van der Waals surface area contributed by atoms with Gasteiger partial charge in [-0.15, -0.1) is 0 Å². The van der Waals surface area contributed by atoms with E-state index in [9.17, 15) is 4.79 Å². The Morgan fingerprint density at radius 1 is 1.08 bits per heavy atom. The first-order chi connectivity index (χ1) is 11.7. The summed E-state index contributed by atoms with van der Waals surface area (Å²) in [6.07, 6.45) is 1.63. The summed E-state index contributed by atoms with van der Waals surface area (Å²) < 4.78 is 0. The molecular formula is C19H24N4O. The Morgan fingerprint density at radius 3 is 2.50 bits per heavy atom. The predicted octanol–water partition coefficient (Wildman–Crippen LogP) is 1.94. The maximum Gasteiger partial charge on any atom is 0.252 e. The topological polar surface area (TPSA) is 48.5 Å². The number of carbonyl (C=O) groups is 1. The number of rotatable bonds is 5. The van der Waals surface area contributed by atoms with E-state index in [1.54, 1.807) is 6.20 Å². The van der Waals surface area contributed by atoms with Crippen molar-refractivity contribution < 1.29 is 4.79 Å². The van der Waals surface area contributed by atoms with Crippen LogP contribution in [0.4, 0.5) is 5.69 Å². The third kappa shape index (κ3) is 4.32. The van der Waals surface area contributed by atoms with Crippen molar-refractivity contribution in [2.24, 2.45) is 0 Å². The lowest BCUT2D eigenvalue weighted by atomic mass is 10.2. The largest absolute Gasteiger partial charge is 0.369 e. The number of nitrogens with one attached hydrogen (secondary N) is 1. The average Bonchev–Trinajstić information content (AvgIpc) is 2.63. The number of pyridine rings is 1.